The van der Waals surface area contributed by atoms with Crippen LogP contribution in [0.2, 0.25) is 0 Å². The molecular formula is C17H15FN4O3. The van der Waals surface area contributed by atoms with Gasteiger partial charge in [0.05, 0.1) is 18.8 Å². The lowest BCUT2D eigenvalue weighted by atomic mass is 10.1. The maximum atomic E-state index is 14.6. The number of carbonyl (C=O) groups is 1. The summed E-state index contributed by atoms with van der Waals surface area (Å²) >= 11 is 0. The largest absolute Gasteiger partial charge is 0.441 e. The molecule has 1 aromatic carbocycles. The molecule has 3 heterocycles. The van der Waals surface area contributed by atoms with Gasteiger partial charge < -0.3 is 9.84 Å². The molecule has 1 aliphatic heterocycles. The number of aryl methyl sites for hydroxylation is 1. The molecule has 0 spiro atoms. The Bertz CT molecular complexity index is 972. The molecule has 1 saturated heterocycles. The smallest absolute Gasteiger partial charge is 0.414 e. The number of aromatic nitrogens is 3. The van der Waals surface area contributed by atoms with Gasteiger partial charge in [0, 0.05) is 11.8 Å². The Labute approximate surface area is 142 Å². The van der Waals surface area contributed by atoms with E-state index in [4.69, 9.17) is 9.84 Å². The molecule has 1 amide bonds. The lowest BCUT2D eigenvalue weighted by Crippen LogP contribution is -2.25. The van der Waals surface area contributed by atoms with Crippen molar-refractivity contribution in [3.05, 3.63) is 48.2 Å². The minimum Gasteiger partial charge on any atom is -0.441 e. The van der Waals surface area contributed by atoms with E-state index in [1.54, 1.807) is 30.5 Å². The van der Waals surface area contributed by atoms with Crippen LogP contribution in [0.25, 0.3) is 16.8 Å². The second-order valence-electron chi connectivity index (χ2n) is 5.85. The number of pyridine rings is 1. The number of benzene rings is 1. The van der Waals surface area contributed by atoms with E-state index >= 15 is 0 Å². The van der Waals surface area contributed by atoms with Crippen molar-refractivity contribution in [2.24, 2.45) is 0 Å². The highest BCUT2D eigenvalue weighted by molar-refractivity contribution is 5.90. The Hall–Kier alpha value is -3.00. The number of nitrogens with zero attached hydrogens (tertiary/aromatic N) is 4. The van der Waals surface area contributed by atoms with Gasteiger partial charge in [-0.1, -0.05) is 0 Å². The summed E-state index contributed by atoms with van der Waals surface area (Å²) in [6.07, 6.45) is 0.609. The van der Waals surface area contributed by atoms with Crippen LogP contribution in [0.15, 0.2) is 36.5 Å². The van der Waals surface area contributed by atoms with Crippen molar-refractivity contribution in [3.8, 4) is 11.1 Å². The molecule has 8 heteroatoms. The van der Waals surface area contributed by atoms with Crippen LogP contribution in [0.5, 0.6) is 0 Å². The third-order valence-electron chi connectivity index (χ3n) is 4.23. The van der Waals surface area contributed by atoms with E-state index in [1.807, 2.05) is 11.3 Å². The Kier molecular flexibility index (Phi) is 3.61. The standard InChI is InChI=1S/C17H15FN4O3/c1-10-19-20-16-6-11(4-5-21(10)16)14-3-2-12(7-15(14)18)22-8-13(9-23)25-17(22)24/h2-7,13,23H,8-9H2,1H3/t13-/m1/s1. The van der Waals surface area contributed by atoms with E-state index in [0.717, 1.165) is 5.82 Å². The van der Waals surface area contributed by atoms with Crippen LogP contribution in [0.1, 0.15) is 5.82 Å². The number of aliphatic hydroxyl groups is 1. The van der Waals surface area contributed by atoms with Gasteiger partial charge in [0.25, 0.3) is 0 Å². The zero-order chi connectivity index (χ0) is 17.6. The first-order valence-electron chi connectivity index (χ1n) is 7.77. The van der Waals surface area contributed by atoms with Crippen LogP contribution in [0.3, 0.4) is 0 Å². The number of hydrogen-bond donors (Lipinski definition) is 1. The highest BCUT2D eigenvalue weighted by Gasteiger charge is 2.32. The topological polar surface area (TPSA) is 80.0 Å². The monoisotopic (exact) mass is 342 g/mol. The predicted molar refractivity (Wildman–Crippen MR) is 87.8 cm³/mol. The molecule has 1 aliphatic rings. The van der Waals surface area contributed by atoms with Gasteiger partial charge in [-0.05, 0) is 42.8 Å². The second-order valence-corrected chi connectivity index (χ2v) is 5.85. The van der Waals surface area contributed by atoms with E-state index in [9.17, 15) is 9.18 Å². The zero-order valence-electron chi connectivity index (χ0n) is 13.4. The van der Waals surface area contributed by atoms with Crippen molar-refractivity contribution >= 4 is 17.4 Å². The van der Waals surface area contributed by atoms with Gasteiger partial charge >= 0.3 is 6.09 Å². The fourth-order valence-corrected chi connectivity index (χ4v) is 2.91. The van der Waals surface area contributed by atoms with Crippen LogP contribution >= 0.6 is 0 Å². The SMILES string of the molecule is Cc1nnc2cc(-c3ccc(N4C[C@H](CO)OC4=O)cc3F)ccn12. The summed E-state index contributed by atoms with van der Waals surface area (Å²) in [5.41, 5.74) is 2.09. The summed E-state index contributed by atoms with van der Waals surface area (Å²) in [5, 5.41) is 17.1. The Morgan fingerprint density at radius 1 is 1.32 bits per heavy atom. The summed E-state index contributed by atoms with van der Waals surface area (Å²) in [7, 11) is 0. The van der Waals surface area contributed by atoms with Crippen LogP contribution in [-0.4, -0.2) is 45.1 Å². The normalized spacial score (nSPS) is 17.3. The Balaban J connectivity index is 1.68. The second kappa shape index (κ2) is 5.82. The van der Waals surface area contributed by atoms with Gasteiger partial charge in [-0.2, -0.15) is 0 Å². The van der Waals surface area contributed by atoms with Crippen molar-refractivity contribution in [2.45, 2.75) is 13.0 Å². The third-order valence-corrected chi connectivity index (χ3v) is 4.23. The van der Waals surface area contributed by atoms with Crippen LogP contribution < -0.4 is 4.90 Å². The molecule has 0 aliphatic carbocycles. The number of cyclic esters (lactones) is 1. The van der Waals surface area contributed by atoms with Crippen molar-refractivity contribution < 1.29 is 19.0 Å². The summed E-state index contributed by atoms with van der Waals surface area (Å²) in [4.78, 5) is 13.1. The van der Waals surface area contributed by atoms with Gasteiger partial charge in [0.1, 0.15) is 17.7 Å². The Morgan fingerprint density at radius 3 is 2.88 bits per heavy atom. The summed E-state index contributed by atoms with van der Waals surface area (Å²) in [6, 6.07) is 8.09. The number of fused-ring (bicyclic) bond motifs is 1. The van der Waals surface area contributed by atoms with E-state index < -0.39 is 18.0 Å². The average Bonchev–Trinajstić information content (AvgIpc) is 3.17. The molecule has 128 valence electrons. The first kappa shape index (κ1) is 15.5. The van der Waals surface area contributed by atoms with Crippen molar-refractivity contribution in [2.75, 3.05) is 18.1 Å². The molecule has 0 saturated carbocycles. The van der Waals surface area contributed by atoms with Crippen molar-refractivity contribution in [3.63, 3.8) is 0 Å². The van der Waals surface area contributed by atoms with Crippen molar-refractivity contribution in [1.82, 2.24) is 14.6 Å². The summed E-state index contributed by atoms with van der Waals surface area (Å²) < 4.78 is 21.4. The van der Waals surface area contributed by atoms with Crippen LogP contribution in [0, 0.1) is 12.7 Å². The molecule has 1 fully saturated rings. The molecule has 4 rings (SSSR count). The number of anilines is 1. The Morgan fingerprint density at radius 2 is 2.16 bits per heavy atom. The molecule has 25 heavy (non-hydrogen) atoms. The molecule has 1 N–H and O–H groups in total. The number of aliphatic hydroxyl groups excluding tert-OH is 1. The molecule has 7 nitrogen and oxygen atoms in total. The average molecular weight is 342 g/mol. The molecule has 0 bridgehead atoms. The maximum Gasteiger partial charge on any atom is 0.414 e. The quantitative estimate of drug-likeness (QED) is 0.789. The van der Waals surface area contributed by atoms with Gasteiger partial charge in [-0.25, -0.2) is 9.18 Å². The minimum absolute atomic E-state index is 0.194. The molecule has 3 aromatic rings. The van der Waals surface area contributed by atoms with Crippen LogP contribution in [0.4, 0.5) is 14.9 Å². The van der Waals surface area contributed by atoms with E-state index in [1.165, 1.54) is 11.0 Å². The van der Waals surface area contributed by atoms with Crippen LogP contribution in [-0.2, 0) is 4.74 Å². The number of rotatable bonds is 3. The van der Waals surface area contributed by atoms with Gasteiger partial charge in [-0.3, -0.25) is 9.30 Å². The lowest BCUT2D eigenvalue weighted by molar-refractivity contribution is 0.0963. The summed E-state index contributed by atoms with van der Waals surface area (Å²) in [6.45, 7) is 1.77. The maximum absolute atomic E-state index is 14.6. The molecule has 1 atom stereocenters. The number of carbonyl (C=O) groups excluding carboxylic acids is 1. The molecule has 2 aromatic heterocycles. The predicted octanol–water partition coefficient (Wildman–Crippen LogP) is 2.16. The minimum atomic E-state index is -0.591. The first-order valence-corrected chi connectivity index (χ1v) is 7.77. The fourth-order valence-electron chi connectivity index (χ4n) is 2.91. The van der Waals surface area contributed by atoms with Gasteiger partial charge in [0.15, 0.2) is 5.65 Å². The number of amides is 1. The summed E-state index contributed by atoms with van der Waals surface area (Å²) in [5.74, 6) is 0.293. The lowest BCUT2D eigenvalue weighted by Gasteiger charge is -2.14. The van der Waals surface area contributed by atoms with E-state index in [2.05, 4.69) is 10.2 Å². The highest BCUT2D eigenvalue weighted by atomic mass is 19.1. The van der Waals surface area contributed by atoms with E-state index in [-0.39, 0.29) is 13.2 Å². The van der Waals surface area contributed by atoms with Crippen molar-refractivity contribution in [1.29, 1.82) is 0 Å². The van der Waals surface area contributed by atoms with Gasteiger partial charge in [0.2, 0.25) is 0 Å². The first-order chi connectivity index (χ1) is 12.1. The van der Waals surface area contributed by atoms with Gasteiger partial charge in [-0.15, -0.1) is 10.2 Å². The third kappa shape index (κ3) is 2.60. The molecule has 0 unspecified atom stereocenters. The molecule has 0 radical (unpaired) electrons. The fraction of sp³-hybridized carbons (Fsp3) is 0.235. The number of halogens is 1. The zero-order valence-corrected chi connectivity index (χ0v) is 13.4. The van der Waals surface area contributed by atoms with E-state index in [0.29, 0.717) is 22.5 Å². The number of hydrogen-bond acceptors (Lipinski definition) is 5. The molecular weight excluding hydrogens is 327 g/mol. The highest BCUT2D eigenvalue weighted by Crippen LogP contribution is 2.29. The number of ether oxygens (including phenoxy) is 1.